The number of benzene rings is 1. The van der Waals surface area contributed by atoms with E-state index in [1.54, 1.807) is 40.7 Å². The van der Waals surface area contributed by atoms with Gasteiger partial charge in [0, 0.05) is 12.3 Å². The Morgan fingerprint density at radius 3 is 2.48 bits per heavy atom. The molecule has 0 aliphatic heterocycles. The summed E-state index contributed by atoms with van der Waals surface area (Å²) in [4.78, 5) is 23.3. The van der Waals surface area contributed by atoms with Crippen molar-refractivity contribution >= 4 is 5.97 Å². The van der Waals surface area contributed by atoms with Crippen molar-refractivity contribution in [3.8, 4) is 0 Å². The summed E-state index contributed by atoms with van der Waals surface area (Å²) in [7, 11) is 0. The number of hydrogen-bond acceptors (Lipinski definition) is 5. The molecule has 0 radical (unpaired) electrons. The largest absolute Gasteiger partial charge is 0.461 e. The van der Waals surface area contributed by atoms with E-state index in [1.165, 1.54) is 0 Å². The molecule has 0 aliphatic carbocycles. The lowest BCUT2D eigenvalue weighted by molar-refractivity contribution is 0.0519. The lowest BCUT2D eigenvalue weighted by Crippen LogP contribution is -2.18. The Bertz CT molecular complexity index is 912. The summed E-state index contributed by atoms with van der Waals surface area (Å²) in [6.45, 7) is 3.07. The number of ether oxygens (including phenoxy) is 1. The summed E-state index contributed by atoms with van der Waals surface area (Å²) in [5, 5.41) is 7.75. The number of carbonyl (C=O) groups excluding carboxylic acids is 1. The first-order valence-corrected chi connectivity index (χ1v) is 7.96. The first kappa shape index (κ1) is 16.6. The van der Waals surface area contributed by atoms with Crippen molar-refractivity contribution < 1.29 is 9.53 Å². The summed E-state index contributed by atoms with van der Waals surface area (Å²) in [5.74, 6) is -0.475. The highest BCUT2D eigenvalue weighted by atomic mass is 16.5. The van der Waals surface area contributed by atoms with E-state index in [1.807, 2.05) is 30.3 Å². The highest BCUT2D eigenvalue weighted by Gasteiger charge is 2.11. The minimum absolute atomic E-state index is 0.0271. The second-order valence-corrected chi connectivity index (χ2v) is 5.51. The maximum Gasteiger partial charge on any atom is 0.360 e. The lowest BCUT2D eigenvalue weighted by Gasteiger charge is -2.06. The van der Waals surface area contributed by atoms with Crippen molar-refractivity contribution in [2.24, 2.45) is 0 Å². The molecule has 0 fully saturated rings. The second kappa shape index (κ2) is 7.57. The molecule has 3 aromatic rings. The Morgan fingerprint density at radius 1 is 1.08 bits per heavy atom. The van der Waals surface area contributed by atoms with Gasteiger partial charge in [-0.2, -0.15) is 0 Å². The number of hydrogen-bond donors (Lipinski definition) is 0. The maximum atomic E-state index is 11.7. The van der Waals surface area contributed by atoms with Crippen LogP contribution in [0.5, 0.6) is 0 Å². The van der Waals surface area contributed by atoms with E-state index in [9.17, 15) is 9.59 Å². The average molecular weight is 338 g/mol. The number of esters is 1. The van der Waals surface area contributed by atoms with E-state index in [-0.39, 0.29) is 11.3 Å². The summed E-state index contributed by atoms with van der Waals surface area (Å²) in [5.41, 5.74) is 2.22. The van der Waals surface area contributed by atoms with Crippen LogP contribution in [0.1, 0.15) is 28.5 Å². The second-order valence-electron chi connectivity index (χ2n) is 5.51. The van der Waals surface area contributed by atoms with Crippen molar-refractivity contribution in [1.29, 1.82) is 0 Å². The van der Waals surface area contributed by atoms with Crippen LogP contribution in [0.2, 0.25) is 0 Å². The molecule has 25 heavy (non-hydrogen) atoms. The van der Waals surface area contributed by atoms with E-state index < -0.39 is 5.97 Å². The third-order valence-electron chi connectivity index (χ3n) is 3.64. The molecule has 0 amide bonds. The van der Waals surface area contributed by atoms with E-state index in [0.717, 1.165) is 11.1 Å². The molecule has 2 aromatic heterocycles. The van der Waals surface area contributed by atoms with Gasteiger partial charge in [0.2, 0.25) is 0 Å². The van der Waals surface area contributed by atoms with Crippen LogP contribution in [0, 0.1) is 0 Å². The fraction of sp³-hybridized carbons (Fsp3) is 0.222. The fourth-order valence-corrected chi connectivity index (χ4v) is 2.40. The Kier molecular flexibility index (Phi) is 5.03. The predicted octanol–water partition coefficient (Wildman–Crippen LogP) is 1.71. The van der Waals surface area contributed by atoms with Crippen molar-refractivity contribution in [3.63, 3.8) is 0 Å². The van der Waals surface area contributed by atoms with Gasteiger partial charge >= 0.3 is 5.97 Å². The zero-order chi connectivity index (χ0) is 17.6. The van der Waals surface area contributed by atoms with Crippen molar-refractivity contribution in [1.82, 2.24) is 19.6 Å². The van der Waals surface area contributed by atoms with E-state index in [4.69, 9.17) is 4.74 Å². The monoisotopic (exact) mass is 338 g/mol. The molecule has 7 heteroatoms. The average Bonchev–Trinajstić information content (AvgIpc) is 3.07. The Hall–Kier alpha value is -3.22. The highest BCUT2D eigenvalue weighted by Crippen LogP contribution is 2.08. The number of nitrogens with zero attached hydrogens (tertiary/aromatic N) is 4. The Morgan fingerprint density at radius 2 is 1.80 bits per heavy atom. The summed E-state index contributed by atoms with van der Waals surface area (Å²) < 4.78 is 8.13. The number of aromatic nitrogens is 4. The number of rotatable bonds is 6. The normalized spacial score (nSPS) is 10.6. The summed E-state index contributed by atoms with van der Waals surface area (Å²) in [6.07, 6.45) is 3.33. The van der Waals surface area contributed by atoms with Crippen LogP contribution in [-0.4, -0.2) is 32.1 Å². The zero-order valence-electron chi connectivity index (χ0n) is 13.8. The topological polar surface area (TPSA) is 79.0 Å². The van der Waals surface area contributed by atoms with Gasteiger partial charge in [0.05, 0.1) is 25.9 Å². The zero-order valence-corrected chi connectivity index (χ0v) is 13.8. The Balaban J connectivity index is 1.66. The van der Waals surface area contributed by atoms with E-state index in [2.05, 4.69) is 10.3 Å². The van der Waals surface area contributed by atoms with Gasteiger partial charge in [-0.05, 0) is 24.1 Å². The molecule has 0 spiro atoms. The molecule has 0 N–H and O–H groups in total. The van der Waals surface area contributed by atoms with Gasteiger partial charge in [0.1, 0.15) is 0 Å². The van der Waals surface area contributed by atoms with Gasteiger partial charge in [-0.3, -0.25) is 4.79 Å². The van der Waals surface area contributed by atoms with E-state index in [0.29, 0.717) is 19.7 Å². The van der Waals surface area contributed by atoms with E-state index >= 15 is 0 Å². The van der Waals surface area contributed by atoms with Crippen LogP contribution < -0.4 is 5.56 Å². The Labute approximate surface area is 144 Å². The van der Waals surface area contributed by atoms with Gasteiger partial charge in [-0.15, -0.1) is 5.10 Å². The van der Waals surface area contributed by atoms with Gasteiger partial charge < -0.3 is 9.30 Å². The fourth-order valence-electron chi connectivity index (χ4n) is 2.40. The van der Waals surface area contributed by atoms with Gasteiger partial charge in [-0.1, -0.05) is 35.5 Å². The van der Waals surface area contributed by atoms with Crippen molar-refractivity contribution in [2.75, 3.05) is 6.61 Å². The minimum atomic E-state index is -0.475. The maximum absolute atomic E-state index is 11.7. The highest BCUT2D eigenvalue weighted by molar-refractivity contribution is 5.86. The third kappa shape index (κ3) is 4.20. The molecule has 0 unspecified atom stereocenters. The van der Waals surface area contributed by atoms with Crippen molar-refractivity contribution in [3.05, 3.63) is 82.0 Å². The quantitative estimate of drug-likeness (QED) is 0.639. The molecule has 0 aliphatic rings. The molecular weight excluding hydrogens is 320 g/mol. The molecule has 0 bridgehead atoms. The first-order chi connectivity index (χ1) is 12.2. The molecule has 0 atom stereocenters. The van der Waals surface area contributed by atoms with Gasteiger partial charge in [-0.25, -0.2) is 9.48 Å². The number of carbonyl (C=O) groups is 1. The lowest BCUT2D eigenvalue weighted by atomic mass is 10.1. The smallest absolute Gasteiger partial charge is 0.360 e. The molecule has 3 rings (SSSR count). The van der Waals surface area contributed by atoms with Gasteiger partial charge in [0.15, 0.2) is 5.69 Å². The SMILES string of the molecule is CCOC(=O)c1cn(Cc2ccc(Cn3ccccc3=O)cc2)nn1. The molecule has 0 saturated carbocycles. The van der Waals surface area contributed by atoms with Crippen LogP contribution in [0.4, 0.5) is 0 Å². The summed E-state index contributed by atoms with van der Waals surface area (Å²) >= 11 is 0. The molecule has 2 heterocycles. The van der Waals surface area contributed by atoms with Gasteiger partial charge in [0.25, 0.3) is 5.56 Å². The third-order valence-corrected chi connectivity index (χ3v) is 3.64. The molecule has 0 saturated heterocycles. The molecule has 7 nitrogen and oxygen atoms in total. The molecule has 1 aromatic carbocycles. The minimum Gasteiger partial charge on any atom is -0.461 e. The van der Waals surface area contributed by atoms with Crippen LogP contribution in [-0.2, 0) is 17.8 Å². The van der Waals surface area contributed by atoms with Crippen LogP contribution in [0.25, 0.3) is 0 Å². The van der Waals surface area contributed by atoms with Crippen LogP contribution in [0.15, 0.2) is 59.7 Å². The molecular formula is C18H18N4O3. The van der Waals surface area contributed by atoms with Crippen LogP contribution >= 0.6 is 0 Å². The predicted molar refractivity (Wildman–Crippen MR) is 91.3 cm³/mol. The molecule has 128 valence electrons. The first-order valence-electron chi connectivity index (χ1n) is 7.96. The standard InChI is InChI=1S/C18H18N4O3/c1-2-25-18(24)16-13-22(20-19-16)12-15-8-6-14(7-9-15)11-21-10-4-3-5-17(21)23/h3-10,13H,2,11-12H2,1H3. The number of pyridine rings is 1. The van der Waals surface area contributed by atoms with Crippen LogP contribution in [0.3, 0.4) is 0 Å². The van der Waals surface area contributed by atoms with Crippen molar-refractivity contribution in [2.45, 2.75) is 20.0 Å². The summed E-state index contributed by atoms with van der Waals surface area (Å²) in [6, 6.07) is 13.0.